The zero-order chi connectivity index (χ0) is 11.7. The van der Waals surface area contributed by atoms with Crippen LogP contribution in [0.25, 0.3) is 0 Å². The van der Waals surface area contributed by atoms with Crippen LogP contribution in [0.15, 0.2) is 28.0 Å². The number of carboxylic acid groups (broad SMARTS) is 1. The van der Waals surface area contributed by atoms with Crippen molar-refractivity contribution in [3.05, 3.63) is 45.5 Å². The Morgan fingerprint density at radius 2 is 1.94 bits per heavy atom. The molecule has 2 heterocycles. The van der Waals surface area contributed by atoms with E-state index in [9.17, 15) is 9.59 Å². The lowest BCUT2D eigenvalue weighted by atomic mass is 10.2. The average molecular weight is 236 g/mol. The van der Waals surface area contributed by atoms with Crippen molar-refractivity contribution in [2.45, 2.75) is 6.92 Å². The summed E-state index contributed by atoms with van der Waals surface area (Å²) in [5.41, 5.74) is 0.864. The first kappa shape index (κ1) is 10.6. The molecule has 16 heavy (non-hydrogen) atoms. The molecule has 4 nitrogen and oxygen atoms in total. The van der Waals surface area contributed by atoms with Crippen LogP contribution in [0.2, 0.25) is 0 Å². The summed E-state index contributed by atoms with van der Waals surface area (Å²) in [5, 5.41) is 10.5. The van der Waals surface area contributed by atoms with E-state index in [0.717, 1.165) is 5.56 Å². The van der Waals surface area contributed by atoms with Crippen molar-refractivity contribution in [1.29, 1.82) is 0 Å². The van der Waals surface area contributed by atoms with Gasteiger partial charge in [0, 0.05) is 0 Å². The normalized spacial score (nSPS) is 10.3. The van der Waals surface area contributed by atoms with Crippen LogP contribution in [-0.2, 0) is 0 Å². The van der Waals surface area contributed by atoms with E-state index in [-0.39, 0.29) is 17.3 Å². The summed E-state index contributed by atoms with van der Waals surface area (Å²) in [5.74, 6) is -1.62. The van der Waals surface area contributed by atoms with Gasteiger partial charge in [0.1, 0.15) is 0 Å². The van der Waals surface area contributed by atoms with E-state index in [1.807, 2.05) is 18.4 Å². The third-order valence-electron chi connectivity index (χ3n) is 2.11. The number of rotatable bonds is 3. The summed E-state index contributed by atoms with van der Waals surface area (Å²) in [4.78, 5) is 23.1. The van der Waals surface area contributed by atoms with Crippen molar-refractivity contribution in [1.82, 2.24) is 0 Å². The molecule has 0 atom stereocenters. The number of aromatic carboxylic acids is 1. The number of hydrogen-bond acceptors (Lipinski definition) is 4. The number of carbonyl (C=O) groups is 2. The van der Waals surface area contributed by atoms with Crippen LogP contribution in [0.1, 0.15) is 31.6 Å². The van der Waals surface area contributed by atoms with Gasteiger partial charge in [-0.15, -0.1) is 11.3 Å². The Kier molecular flexibility index (Phi) is 2.62. The number of aryl methyl sites for hydroxylation is 1. The molecule has 0 aliphatic carbocycles. The number of thiophene rings is 1. The van der Waals surface area contributed by atoms with Gasteiger partial charge in [-0.3, -0.25) is 4.79 Å². The van der Waals surface area contributed by atoms with Crippen LogP contribution < -0.4 is 0 Å². The van der Waals surface area contributed by atoms with Gasteiger partial charge in [0.2, 0.25) is 11.5 Å². The molecule has 0 unspecified atom stereocenters. The maximum atomic E-state index is 11.9. The lowest BCUT2D eigenvalue weighted by molar-refractivity contribution is 0.0660. The fourth-order valence-corrected chi connectivity index (χ4v) is 2.16. The molecule has 0 saturated carbocycles. The van der Waals surface area contributed by atoms with Crippen molar-refractivity contribution in [3.8, 4) is 0 Å². The number of hydrogen-bond donors (Lipinski definition) is 1. The lowest BCUT2D eigenvalue weighted by Crippen LogP contribution is -1.99. The van der Waals surface area contributed by atoms with E-state index in [0.29, 0.717) is 4.88 Å². The van der Waals surface area contributed by atoms with Crippen LogP contribution in [0, 0.1) is 6.92 Å². The molecule has 0 fully saturated rings. The Morgan fingerprint density at radius 3 is 2.44 bits per heavy atom. The zero-order valence-corrected chi connectivity index (χ0v) is 9.21. The quantitative estimate of drug-likeness (QED) is 0.831. The van der Waals surface area contributed by atoms with Crippen LogP contribution in [0.3, 0.4) is 0 Å². The third kappa shape index (κ3) is 1.77. The first-order valence-corrected chi connectivity index (χ1v) is 5.39. The second-order valence-electron chi connectivity index (χ2n) is 3.23. The Balaban J connectivity index is 2.35. The van der Waals surface area contributed by atoms with Gasteiger partial charge in [-0.25, -0.2) is 4.79 Å². The van der Waals surface area contributed by atoms with Crippen LogP contribution in [0.5, 0.6) is 0 Å². The molecule has 0 aromatic carbocycles. The third-order valence-corrected chi connectivity index (χ3v) is 3.12. The fraction of sp³-hybridized carbons (Fsp3) is 0.0909. The maximum Gasteiger partial charge on any atom is 0.371 e. The lowest BCUT2D eigenvalue weighted by Gasteiger charge is -1.94. The first-order chi connectivity index (χ1) is 7.59. The largest absolute Gasteiger partial charge is 0.475 e. The minimum atomic E-state index is -1.18. The van der Waals surface area contributed by atoms with Gasteiger partial charge in [0.05, 0.1) is 4.88 Å². The van der Waals surface area contributed by atoms with Gasteiger partial charge in [-0.05, 0) is 36.1 Å². The Hall–Kier alpha value is -1.88. The van der Waals surface area contributed by atoms with E-state index >= 15 is 0 Å². The van der Waals surface area contributed by atoms with E-state index < -0.39 is 5.97 Å². The van der Waals surface area contributed by atoms with E-state index in [4.69, 9.17) is 9.52 Å². The van der Waals surface area contributed by atoms with Crippen molar-refractivity contribution in [3.63, 3.8) is 0 Å². The smallest absolute Gasteiger partial charge is 0.371 e. The van der Waals surface area contributed by atoms with Gasteiger partial charge in [0.25, 0.3) is 0 Å². The highest BCUT2D eigenvalue weighted by Gasteiger charge is 2.18. The van der Waals surface area contributed by atoms with Gasteiger partial charge in [0.15, 0.2) is 5.76 Å². The molecule has 2 aromatic heterocycles. The molecular formula is C11H8O4S. The maximum absolute atomic E-state index is 11.9. The topological polar surface area (TPSA) is 67.5 Å². The molecule has 1 N–H and O–H groups in total. The molecule has 2 rings (SSSR count). The zero-order valence-electron chi connectivity index (χ0n) is 8.39. The Morgan fingerprint density at radius 1 is 1.25 bits per heavy atom. The molecule has 82 valence electrons. The summed E-state index contributed by atoms with van der Waals surface area (Å²) < 4.78 is 4.94. The summed E-state index contributed by atoms with van der Waals surface area (Å²) >= 11 is 1.31. The van der Waals surface area contributed by atoms with E-state index in [2.05, 4.69) is 0 Å². The Labute approximate surface area is 95.1 Å². The van der Waals surface area contributed by atoms with Gasteiger partial charge in [-0.2, -0.15) is 0 Å². The average Bonchev–Trinajstić information content (AvgIpc) is 2.84. The molecule has 5 heteroatoms. The highest BCUT2D eigenvalue weighted by molar-refractivity contribution is 7.12. The fourth-order valence-electron chi connectivity index (χ4n) is 1.29. The second kappa shape index (κ2) is 3.94. The monoisotopic (exact) mass is 236 g/mol. The van der Waals surface area contributed by atoms with Crippen molar-refractivity contribution < 1.29 is 19.1 Å². The minimum Gasteiger partial charge on any atom is -0.475 e. The van der Waals surface area contributed by atoms with Gasteiger partial charge >= 0.3 is 5.97 Å². The van der Waals surface area contributed by atoms with Crippen LogP contribution in [-0.4, -0.2) is 16.9 Å². The molecule has 0 saturated heterocycles. The molecular weight excluding hydrogens is 228 g/mol. The second-order valence-corrected chi connectivity index (χ2v) is 4.15. The van der Waals surface area contributed by atoms with Crippen molar-refractivity contribution in [2.24, 2.45) is 0 Å². The first-order valence-electron chi connectivity index (χ1n) is 4.51. The Bertz CT molecular complexity index is 550. The highest BCUT2D eigenvalue weighted by Crippen LogP contribution is 2.21. The SMILES string of the molecule is Cc1ccsc1C(=O)c1ccc(C(=O)O)o1. The number of furan rings is 1. The van der Waals surface area contributed by atoms with Crippen molar-refractivity contribution in [2.75, 3.05) is 0 Å². The number of carbonyl (C=O) groups excluding carboxylic acids is 1. The van der Waals surface area contributed by atoms with Crippen molar-refractivity contribution >= 4 is 23.1 Å². The minimum absolute atomic E-state index is 0.0583. The summed E-state index contributed by atoms with van der Waals surface area (Å²) in [6.45, 7) is 1.82. The predicted octanol–water partition coefficient (Wildman–Crippen LogP) is 2.58. The predicted molar refractivity (Wildman–Crippen MR) is 58.2 cm³/mol. The number of carboxylic acids is 1. The molecule has 2 aromatic rings. The molecule has 0 amide bonds. The molecule has 0 aliphatic rings. The van der Waals surface area contributed by atoms with E-state index in [1.165, 1.54) is 23.5 Å². The van der Waals surface area contributed by atoms with Gasteiger partial charge < -0.3 is 9.52 Å². The highest BCUT2D eigenvalue weighted by atomic mass is 32.1. The summed E-state index contributed by atoms with van der Waals surface area (Å²) in [7, 11) is 0. The molecule has 0 aliphatic heterocycles. The molecule has 0 radical (unpaired) electrons. The van der Waals surface area contributed by atoms with Gasteiger partial charge in [-0.1, -0.05) is 0 Å². The standard InChI is InChI=1S/C11H8O4S/c1-6-4-5-16-10(6)9(12)7-2-3-8(15-7)11(13)14/h2-5H,1H3,(H,13,14). The van der Waals surface area contributed by atoms with Crippen LogP contribution >= 0.6 is 11.3 Å². The number of ketones is 1. The summed E-state index contributed by atoms with van der Waals surface area (Å²) in [6, 6.07) is 4.49. The molecule has 0 bridgehead atoms. The van der Waals surface area contributed by atoms with E-state index in [1.54, 1.807) is 0 Å². The molecule has 0 spiro atoms. The van der Waals surface area contributed by atoms with Crippen LogP contribution in [0.4, 0.5) is 0 Å². The summed E-state index contributed by atoms with van der Waals surface area (Å²) in [6.07, 6.45) is 0.